The average molecular weight is 302 g/mol. The lowest BCUT2D eigenvalue weighted by atomic mass is 10.1. The summed E-state index contributed by atoms with van der Waals surface area (Å²) < 4.78 is 0. The number of guanidine groups is 1. The average Bonchev–Trinajstić information content (AvgIpc) is 2.45. The number of aliphatic carboxylic acids is 1. The summed E-state index contributed by atoms with van der Waals surface area (Å²) in [5.74, 6) is 3.76. The van der Waals surface area contributed by atoms with Gasteiger partial charge in [0.2, 0.25) is 5.96 Å². The van der Waals surface area contributed by atoms with Crippen LogP contribution in [0.15, 0.2) is 5.10 Å². The Morgan fingerprint density at radius 3 is 1.48 bits per heavy atom. The van der Waals surface area contributed by atoms with E-state index in [0.717, 1.165) is 12.8 Å². The lowest BCUT2D eigenvalue weighted by Gasteiger charge is -2.01. The summed E-state index contributed by atoms with van der Waals surface area (Å²) in [6.45, 7) is 2.25. The summed E-state index contributed by atoms with van der Waals surface area (Å²) >= 11 is 0. The van der Waals surface area contributed by atoms with Gasteiger partial charge in [-0.2, -0.15) is 0 Å². The molecule has 21 heavy (non-hydrogen) atoms. The summed E-state index contributed by atoms with van der Waals surface area (Å²) in [6.07, 6.45) is 14.4. The zero-order valence-corrected chi connectivity index (χ0v) is 13.5. The van der Waals surface area contributed by atoms with Gasteiger partial charge in [0.1, 0.15) is 0 Å². The van der Waals surface area contributed by atoms with E-state index >= 15 is 0 Å². The van der Waals surface area contributed by atoms with Crippen LogP contribution in [0, 0.1) is 0 Å². The minimum absolute atomic E-state index is 0.0926. The van der Waals surface area contributed by atoms with Crippen LogP contribution in [0.2, 0.25) is 0 Å². The fourth-order valence-corrected chi connectivity index (χ4v) is 1.94. The van der Waals surface area contributed by atoms with Crippen molar-refractivity contribution in [2.75, 3.05) is 0 Å². The summed E-state index contributed by atoms with van der Waals surface area (Å²) in [7, 11) is 0. The van der Waals surface area contributed by atoms with Crippen molar-refractivity contribution in [3.8, 4) is 0 Å². The molecule has 6 heteroatoms. The monoisotopic (exact) mass is 302 g/mol. The number of carboxylic acid groups (broad SMARTS) is 1. The van der Waals surface area contributed by atoms with Crippen molar-refractivity contribution in [3.63, 3.8) is 0 Å². The second-order valence-electron chi connectivity index (χ2n) is 5.23. The highest BCUT2D eigenvalue weighted by atomic mass is 16.4. The molecular formula is C15H34N4O2. The zero-order chi connectivity index (χ0) is 16.3. The van der Waals surface area contributed by atoms with Gasteiger partial charge in [-0.3, -0.25) is 4.79 Å². The maximum Gasteiger partial charge on any atom is 0.303 e. The first kappa shape index (κ1) is 21.8. The number of nitrogens with zero attached hydrogens (tertiary/aromatic N) is 1. The van der Waals surface area contributed by atoms with Crippen molar-refractivity contribution in [2.24, 2.45) is 22.4 Å². The molecule has 0 heterocycles. The zero-order valence-electron chi connectivity index (χ0n) is 13.5. The van der Waals surface area contributed by atoms with Crippen LogP contribution in [0.3, 0.4) is 0 Å². The quantitative estimate of drug-likeness (QED) is 0.145. The van der Waals surface area contributed by atoms with Gasteiger partial charge in [0, 0.05) is 6.42 Å². The van der Waals surface area contributed by atoms with Crippen LogP contribution in [0.1, 0.15) is 84.0 Å². The third-order valence-electron chi connectivity index (χ3n) is 3.14. The third-order valence-corrected chi connectivity index (χ3v) is 3.14. The third kappa shape index (κ3) is 27.7. The first-order valence-corrected chi connectivity index (χ1v) is 8.05. The van der Waals surface area contributed by atoms with Crippen LogP contribution in [0.4, 0.5) is 0 Å². The lowest BCUT2D eigenvalue weighted by Crippen LogP contribution is -2.23. The lowest BCUT2D eigenvalue weighted by molar-refractivity contribution is -0.137. The Balaban J connectivity index is 0. The van der Waals surface area contributed by atoms with Crippen LogP contribution in [-0.4, -0.2) is 17.0 Å². The fourth-order valence-electron chi connectivity index (χ4n) is 1.94. The smallest absolute Gasteiger partial charge is 0.303 e. The van der Waals surface area contributed by atoms with Gasteiger partial charge >= 0.3 is 5.97 Å². The minimum Gasteiger partial charge on any atom is -0.481 e. The molecule has 0 aliphatic carbocycles. The van der Waals surface area contributed by atoms with Crippen molar-refractivity contribution in [2.45, 2.75) is 84.0 Å². The number of unbranched alkanes of at least 4 members (excludes halogenated alkanes) is 10. The van der Waals surface area contributed by atoms with Gasteiger partial charge in [0.15, 0.2) is 0 Å². The van der Waals surface area contributed by atoms with Crippen molar-refractivity contribution in [3.05, 3.63) is 0 Å². The molecule has 0 fully saturated rings. The van der Waals surface area contributed by atoms with E-state index in [-0.39, 0.29) is 5.96 Å². The Hall–Kier alpha value is -1.46. The number of hydrogen-bond acceptors (Lipinski definition) is 3. The van der Waals surface area contributed by atoms with E-state index in [9.17, 15) is 4.79 Å². The second-order valence-corrected chi connectivity index (χ2v) is 5.23. The maximum atomic E-state index is 10.3. The molecule has 6 nitrogen and oxygen atoms in total. The van der Waals surface area contributed by atoms with Gasteiger partial charge in [-0.05, 0) is 6.42 Å². The largest absolute Gasteiger partial charge is 0.481 e. The van der Waals surface area contributed by atoms with Gasteiger partial charge in [-0.25, -0.2) is 0 Å². The van der Waals surface area contributed by atoms with Crippen molar-refractivity contribution < 1.29 is 9.90 Å². The Kier molecular flexibility index (Phi) is 19.3. The normalized spacial score (nSPS) is 9.57. The summed E-state index contributed by atoms with van der Waals surface area (Å²) in [6, 6.07) is 0. The topological polar surface area (TPSA) is 128 Å². The predicted molar refractivity (Wildman–Crippen MR) is 88.7 cm³/mol. The SMILES string of the molecule is CCCCCCCCCCCCCC(=O)O.NN=C(N)N. The van der Waals surface area contributed by atoms with Crippen molar-refractivity contribution in [1.29, 1.82) is 0 Å². The molecule has 0 aromatic heterocycles. The first-order chi connectivity index (χ1) is 10.0. The van der Waals surface area contributed by atoms with Gasteiger partial charge in [-0.1, -0.05) is 71.1 Å². The number of carbonyl (C=O) groups is 1. The number of rotatable bonds is 12. The van der Waals surface area contributed by atoms with E-state index in [0.29, 0.717) is 6.42 Å². The van der Waals surface area contributed by atoms with E-state index in [1.165, 1.54) is 57.8 Å². The minimum atomic E-state index is -0.657. The van der Waals surface area contributed by atoms with Gasteiger partial charge in [-0.15, -0.1) is 5.10 Å². The molecule has 0 radical (unpaired) electrons. The Morgan fingerprint density at radius 1 is 0.857 bits per heavy atom. The molecule has 7 N–H and O–H groups in total. The highest BCUT2D eigenvalue weighted by Gasteiger charge is 1.96. The van der Waals surface area contributed by atoms with Crippen LogP contribution in [-0.2, 0) is 4.79 Å². The molecule has 0 atom stereocenters. The predicted octanol–water partition coefficient (Wildman–Crippen LogP) is 2.91. The highest BCUT2D eigenvalue weighted by Crippen LogP contribution is 2.11. The van der Waals surface area contributed by atoms with Crippen molar-refractivity contribution in [1.82, 2.24) is 0 Å². The van der Waals surface area contributed by atoms with E-state index in [2.05, 4.69) is 17.9 Å². The molecule has 0 aromatic rings. The number of carboxylic acids is 1. The molecule has 0 aromatic carbocycles. The van der Waals surface area contributed by atoms with Gasteiger partial charge in [0.05, 0.1) is 0 Å². The summed E-state index contributed by atoms with van der Waals surface area (Å²) in [4.78, 5) is 10.3. The first-order valence-electron chi connectivity index (χ1n) is 8.05. The molecule has 0 saturated heterocycles. The van der Waals surface area contributed by atoms with Crippen LogP contribution < -0.4 is 17.3 Å². The molecule has 0 bridgehead atoms. The molecular weight excluding hydrogens is 268 g/mol. The molecule has 0 aliphatic heterocycles. The second kappa shape index (κ2) is 18.5. The molecule has 0 aliphatic rings. The summed E-state index contributed by atoms with van der Waals surface area (Å²) in [5.41, 5.74) is 9.39. The standard InChI is InChI=1S/C14H28O2.CH6N4/c1-2-3-4-5-6-7-8-9-10-11-12-13-14(15)16;2-1(3)5-4/h2-13H2,1H3,(H,15,16);4H2,(H4,2,3,5). The summed E-state index contributed by atoms with van der Waals surface area (Å²) in [5, 5.41) is 11.3. The molecule has 0 unspecified atom stereocenters. The van der Waals surface area contributed by atoms with Crippen LogP contribution >= 0.6 is 0 Å². The van der Waals surface area contributed by atoms with Gasteiger partial charge < -0.3 is 22.4 Å². The molecule has 126 valence electrons. The molecule has 0 spiro atoms. The molecule has 0 saturated carbocycles. The number of nitrogens with two attached hydrogens (primary N) is 3. The Labute approximate surface area is 129 Å². The van der Waals surface area contributed by atoms with E-state index in [1.807, 2.05) is 0 Å². The van der Waals surface area contributed by atoms with E-state index in [1.54, 1.807) is 0 Å². The van der Waals surface area contributed by atoms with Crippen LogP contribution in [0.25, 0.3) is 0 Å². The fraction of sp³-hybridized carbons (Fsp3) is 0.867. The maximum absolute atomic E-state index is 10.3. The van der Waals surface area contributed by atoms with E-state index in [4.69, 9.17) is 16.6 Å². The van der Waals surface area contributed by atoms with Crippen molar-refractivity contribution >= 4 is 11.9 Å². The van der Waals surface area contributed by atoms with Gasteiger partial charge in [0.25, 0.3) is 0 Å². The van der Waals surface area contributed by atoms with Crippen LogP contribution in [0.5, 0.6) is 0 Å². The molecule has 0 rings (SSSR count). The Morgan fingerprint density at radius 2 is 1.19 bits per heavy atom. The Bertz CT molecular complexity index is 254. The van der Waals surface area contributed by atoms with E-state index < -0.39 is 5.97 Å². The number of hydrogen-bond donors (Lipinski definition) is 4. The number of hydrazone groups is 1. The highest BCUT2D eigenvalue weighted by molar-refractivity contribution is 5.75. The molecule has 0 amide bonds.